The smallest absolute Gasteiger partial charge is 0.119 e. The normalized spacial score (nSPS) is 16.5. The molecule has 0 amide bonds. The van der Waals surface area contributed by atoms with Crippen LogP contribution < -0.4 is 10.1 Å². The lowest BCUT2D eigenvalue weighted by atomic mass is 10.0. The van der Waals surface area contributed by atoms with Crippen LogP contribution in [0.5, 0.6) is 5.75 Å². The Bertz CT molecular complexity index is 344. The second kappa shape index (κ2) is 8.18. The molecule has 19 heavy (non-hydrogen) atoms. The molecular formula is C16H25NO2. The molecule has 0 aliphatic carbocycles. The summed E-state index contributed by atoms with van der Waals surface area (Å²) >= 11 is 0. The quantitative estimate of drug-likeness (QED) is 0.820. The molecule has 1 fully saturated rings. The van der Waals surface area contributed by atoms with Crippen LogP contribution in [0.25, 0.3) is 0 Å². The van der Waals surface area contributed by atoms with Crippen LogP contribution in [0.4, 0.5) is 0 Å². The van der Waals surface area contributed by atoms with E-state index in [0.29, 0.717) is 0 Å². The van der Waals surface area contributed by atoms with Crippen LogP contribution in [0.2, 0.25) is 0 Å². The Morgan fingerprint density at radius 3 is 2.63 bits per heavy atom. The standard InChI is InChI=1S/C16H25NO2/c1-2-9-19-16-5-3-14(4-6-16)12-17-13-15-7-10-18-11-8-15/h3-6,15,17H,2,7-13H2,1H3. The van der Waals surface area contributed by atoms with Gasteiger partial charge in [0, 0.05) is 19.8 Å². The fourth-order valence-corrected chi connectivity index (χ4v) is 2.29. The summed E-state index contributed by atoms with van der Waals surface area (Å²) in [5.41, 5.74) is 1.32. The van der Waals surface area contributed by atoms with E-state index in [1.807, 2.05) is 0 Å². The van der Waals surface area contributed by atoms with E-state index in [1.165, 1.54) is 18.4 Å². The predicted molar refractivity (Wildman–Crippen MR) is 77.5 cm³/mol. The molecule has 1 aromatic carbocycles. The lowest BCUT2D eigenvalue weighted by molar-refractivity contribution is 0.0662. The van der Waals surface area contributed by atoms with Gasteiger partial charge < -0.3 is 14.8 Å². The van der Waals surface area contributed by atoms with Crippen LogP contribution in [0.1, 0.15) is 31.7 Å². The zero-order chi connectivity index (χ0) is 13.3. The first-order valence-corrected chi connectivity index (χ1v) is 7.38. The van der Waals surface area contributed by atoms with Crippen molar-refractivity contribution >= 4 is 0 Å². The van der Waals surface area contributed by atoms with Crippen LogP contribution in [-0.4, -0.2) is 26.4 Å². The number of ether oxygens (including phenoxy) is 2. The largest absolute Gasteiger partial charge is 0.494 e. The first-order valence-electron chi connectivity index (χ1n) is 7.38. The summed E-state index contributed by atoms with van der Waals surface area (Å²) in [4.78, 5) is 0. The monoisotopic (exact) mass is 263 g/mol. The van der Waals surface area contributed by atoms with Gasteiger partial charge in [-0.15, -0.1) is 0 Å². The van der Waals surface area contributed by atoms with Gasteiger partial charge in [0.1, 0.15) is 5.75 Å². The van der Waals surface area contributed by atoms with Crippen LogP contribution in [-0.2, 0) is 11.3 Å². The molecule has 0 spiro atoms. The van der Waals surface area contributed by atoms with E-state index in [1.54, 1.807) is 0 Å². The molecule has 0 radical (unpaired) electrons. The Labute approximate surface area is 116 Å². The first-order chi connectivity index (χ1) is 9.38. The second-order valence-electron chi connectivity index (χ2n) is 5.18. The highest BCUT2D eigenvalue weighted by atomic mass is 16.5. The Hall–Kier alpha value is -1.06. The molecule has 3 nitrogen and oxygen atoms in total. The fraction of sp³-hybridized carbons (Fsp3) is 0.625. The van der Waals surface area contributed by atoms with Gasteiger partial charge in [-0.2, -0.15) is 0 Å². The molecule has 1 heterocycles. The van der Waals surface area contributed by atoms with Gasteiger partial charge in [-0.05, 0) is 49.4 Å². The number of benzene rings is 1. The van der Waals surface area contributed by atoms with E-state index < -0.39 is 0 Å². The average Bonchev–Trinajstić information content (AvgIpc) is 2.47. The van der Waals surface area contributed by atoms with Gasteiger partial charge in [0.05, 0.1) is 6.61 Å². The minimum Gasteiger partial charge on any atom is -0.494 e. The zero-order valence-corrected chi connectivity index (χ0v) is 11.9. The lowest BCUT2D eigenvalue weighted by Crippen LogP contribution is -2.27. The van der Waals surface area contributed by atoms with Crippen molar-refractivity contribution in [3.05, 3.63) is 29.8 Å². The number of nitrogens with one attached hydrogen (secondary N) is 1. The summed E-state index contributed by atoms with van der Waals surface area (Å²) in [6, 6.07) is 8.40. The molecule has 1 saturated heterocycles. The van der Waals surface area contributed by atoms with Crippen molar-refractivity contribution in [3.63, 3.8) is 0 Å². The van der Waals surface area contributed by atoms with Gasteiger partial charge in [0.2, 0.25) is 0 Å². The van der Waals surface area contributed by atoms with Gasteiger partial charge in [0.25, 0.3) is 0 Å². The highest BCUT2D eigenvalue weighted by Gasteiger charge is 2.12. The summed E-state index contributed by atoms with van der Waals surface area (Å²) in [5.74, 6) is 1.75. The highest BCUT2D eigenvalue weighted by Crippen LogP contribution is 2.14. The molecule has 0 saturated carbocycles. The van der Waals surface area contributed by atoms with Gasteiger partial charge in [0.15, 0.2) is 0 Å². The summed E-state index contributed by atoms with van der Waals surface area (Å²) in [5, 5.41) is 3.54. The SMILES string of the molecule is CCCOc1ccc(CNCC2CCOCC2)cc1. The molecule has 1 aliphatic rings. The average molecular weight is 263 g/mol. The Balaban J connectivity index is 1.67. The minimum atomic E-state index is 0.779. The van der Waals surface area contributed by atoms with Crippen molar-refractivity contribution in [2.24, 2.45) is 5.92 Å². The molecule has 106 valence electrons. The van der Waals surface area contributed by atoms with Gasteiger partial charge >= 0.3 is 0 Å². The van der Waals surface area contributed by atoms with Crippen molar-refractivity contribution in [1.29, 1.82) is 0 Å². The van der Waals surface area contributed by atoms with E-state index >= 15 is 0 Å². The number of hydrogen-bond acceptors (Lipinski definition) is 3. The van der Waals surface area contributed by atoms with Crippen molar-refractivity contribution in [3.8, 4) is 5.75 Å². The lowest BCUT2D eigenvalue weighted by Gasteiger charge is -2.22. The topological polar surface area (TPSA) is 30.5 Å². The second-order valence-corrected chi connectivity index (χ2v) is 5.18. The Kier molecular flexibility index (Phi) is 6.18. The Morgan fingerprint density at radius 2 is 1.95 bits per heavy atom. The molecular weight excluding hydrogens is 238 g/mol. The Morgan fingerprint density at radius 1 is 1.21 bits per heavy atom. The summed E-state index contributed by atoms with van der Waals surface area (Å²) in [7, 11) is 0. The molecule has 1 aliphatic heterocycles. The van der Waals surface area contributed by atoms with Crippen molar-refractivity contribution in [2.45, 2.75) is 32.7 Å². The van der Waals surface area contributed by atoms with E-state index in [4.69, 9.17) is 9.47 Å². The van der Waals surface area contributed by atoms with E-state index in [9.17, 15) is 0 Å². The van der Waals surface area contributed by atoms with Crippen LogP contribution in [0, 0.1) is 5.92 Å². The van der Waals surface area contributed by atoms with Gasteiger partial charge in [-0.3, -0.25) is 0 Å². The van der Waals surface area contributed by atoms with Crippen LogP contribution in [0.3, 0.4) is 0 Å². The molecule has 3 heteroatoms. The maximum atomic E-state index is 5.58. The first kappa shape index (κ1) is 14.4. The van der Waals surface area contributed by atoms with E-state index in [-0.39, 0.29) is 0 Å². The van der Waals surface area contributed by atoms with Gasteiger partial charge in [-0.1, -0.05) is 19.1 Å². The molecule has 0 bridgehead atoms. The van der Waals surface area contributed by atoms with E-state index in [0.717, 1.165) is 51.0 Å². The maximum Gasteiger partial charge on any atom is 0.119 e. The van der Waals surface area contributed by atoms with Crippen molar-refractivity contribution in [2.75, 3.05) is 26.4 Å². The van der Waals surface area contributed by atoms with Crippen molar-refractivity contribution < 1.29 is 9.47 Å². The third-order valence-electron chi connectivity index (χ3n) is 3.50. The van der Waals surface area contributed by atoms with Gasteiger partial charge in [-0.25, -0.2) is 0 Å². The van der Waals surface area contributed by atoms with E-state index in [2.05, 4.69) is 36.5 Å². The maximum absolute atomic E-state index is 5.58. The van der Waals surface area contributed by atoms with Crippen LogP contribution in [0.15, 0.2) is 24.3 Å². The summed E-state index contributed by atoms with van der Waals surface area (Å²) in [6.07, 6.45) is 3.43. The number of hydrogen-bond donors (Lipinski definition) is 1. The molecule has 2 rings (SSSR count). The molecule has 0 atom stereocenters. The zero-order valence-electron chi connectivity index (χ0n) is 11.9. The molecule has 0 unspecified atom stereocenters. The molecule has 1 N–H and O–H groups in total. The predicted octanol–water partition coefficient (Wildman–Crippen LogP) is 2.99. The highest BCUT2D eigenvalue weighted by molar-refractivity contribution is 5.27. The molecule has 0 aromatic heterocycles. The summed E-state index contributed by atoms with van der Waals surface area (Å²) in [6.45, 7) is 6.80. The molecule has 1 aromatic rings. The van der Waals surface area contributed by atoms with Crippen molar-refractivity contribution in [1.82, 2.24) is 5.32 Å². The van der Waals surface area contributed by atoms with Crippen LogP contribution >= 0.6 is 0 Å². The number of rotatable bonds is 7. The minimum absolute atomic E-state index is 0.779. The third-order valence-corrected chi connectivity index (χ3v) is 3.50. The third kappa shape index (κ3) is 5.21. The summed E-state index contributed by atoms with van der Waals surface area (Å²) < 4.78 is 10.9. The fourth-order valence-electron chi connectivity index (χ4n) is 2.29.